The van der Waals surface area contributed by atoms with Crippen molar-refractivity contribution >= 4 is 33.2 Å². The molecule has 0 aromatic heterocycles. The lowest BCUT2D eigenvalue weighted by Gasteiger charge is -2.16. The van der Waals surface area contributed by atoms with Gasteiger partial charge in [0.1, 0.15) is 0 Å². The van der Waals surface area contributed by atoms with E-state index < -0.39 is 0 Å². The van der Waals surface area contributed by atoms with Crippen LogP contribution in [0, 0.1) is 13.8 Å². The van der Waals surface area contributed by atoms with E-state index in [0.29, 0.717) is 5.57 Å². The molecule has 0 saturated carbocycles. The topological polar surface area (TPSA) is 38.3 Å². The summed E-state index contributed by atoms with van der Waals surface area (Å²) in [7, 11) is 1.39. The van der Waals surface area contributed by atoms with Crippen molar-refractivity contribution in [1.29, 1.82) is 0 Å². The molecule has 120 valence electrons. The molecule has 0 aliphatic heterocycles. The van der Waals surface area contributed by atoms with Crippen LogP contribution in [0.15, 0.2) is 52.6 Å². The second-order valence-corrected chi connectivity index (χ2v) is 6.20. The van der Waals surface area contributed by atoms with Gasteiger partial charge in [-0.3, -0.25) is 0 Å². The van der Waals surface area contributed by atoms with Gasteiger partial charge in [0.2, 0.25) is 0 Å². The maximum absolute atomic E-state index is 12.3. The molecule has 1 N–H and O–H groups in total. The zero-order chi connectivity index (χ0) is 17.0. The maximum Gasteiger partial charge on any atom is 0.340 e. The Labute approximate surface area is 145 Å². The fourth-order valence-electron chi connectivity index (χ4n) is 2.38. The molecule has 0 amide bonds. The number of halogens is 1. The number of carbonyl (C=O) groups is 1. The predicted octanol–water partition coefficient (Wildman–Crippen LogP) is 5.08. The molecule has 0 saturated heterocycles. The molecule has 0 aliphatic carbocycles. The summed E-state index contributed by atoms with van der Waals surface area (Å²) in [6.07, 6.45) is 0. The van der Waals surface area contributed by atoms with E-state index in [9.17, 15) is 4.79 Å². The lowest BCUT2D eigenvalue weighted by molar-refractivity contribution is -0.133. The average Bonchev–Trinajstić information content (AvgIpc) is 2.53. The molecule has 2 rings (SSSR count). The Morgan fingerprint density at radius 2 is 1.78 bits per heavy atom. The highest BCUT2D eigenvalue weighted by molar-refractivity contribution is 9.10. The number of benzene rings is 2. The van der Waals surface area contributed by atoms with Crippen LogP contribution < -0.4 is 5.32 Å². The van der Waals surface area contributed by atoms with Gasteiger partial charge in [0, 0.05) is 21.4 Å². The number of anilines is 1. The van der Waals surface area contributed by atoms with Crippen LogP contribution in [0.25, 0.3) is 5.57 Å². The molecule has 4 heteroatoms. The normalized spacial score (nSPS) is 11.7. The second kappa shape index (κ2) is 7.47. The molecule has 0 aliphatic rings. The minimum Gasteiger partial charge on any atom is -0.465 e. The first-order valence-electron chi connectivity index (χ1n) is 7.33. The summed E-state index contributed by atoms with van der Waals surface area (Å²) in [5.41, 5.74) is 5.40. The van der Waals surface area contributed by atoms with Crippen molar-refractivity contribution < 1.29 is 9.53 Å². The Balaban J connectivity index is 2.53. The van der Waals surface area contributed by atoms with Crippen molar-refractivity contribution in [2.75, 3.05) is 12.4 Å². The van der Waals surface area contributed by atoms with Crippen LogP contribution in [-0.4, -0.2) is 13.1 Å². The summed E-state index contributed by atoms with van der Waals surface area (Å²) in [5, 5.41) is 3.35. The SMILES string of the molecule is COC(=O)/C(=C(\C)Nc1cccc(C)c1C)c1ccccc1Br. The highest BCUT2D eigenvalue weighted by Gasteiger charge is 2.19. The number of rotatable bonds is 4. The number of carbonyl (C=O) groups excluding carboxylic acids is 1. The summed E-state index contributed by atoms with van der Waals surface area (Å²) in [6.45, 7) is 6.00. The van der Waals surface area contributed by atoms with E-state index in [4.69, 9.17) is 4.74 Å². The van der Waals surface area contributed by atoms with Crippen molar-refractivity contribution in [2.45, 2.75) is 20.8 Å². The maximum atomic E-state index is 12.3. The zero-order valence-corrected chi connectivity index (χ0v) is 15.3. The number of allylic oxidation sites excluding steroid dienone is 1. The van der Waals surface area contributed by atoms with Crippen LogP contribution in [0.5, 0.6) is 0 Å². The van der Waals surface area contributed by atoms with Crippen LogP contribution in [0.4, 0.5) is 5.69 Å². The van der Waals surface area contributed by atoms with Crippen molar-refractivity contribution in [3.63, 3.8) is 0 Å². The van der Waals surface area contributed by atoms with Crippen LogP contribution in [0.1, 0.15) is 23.6 Å². The minimum absolute atomic E-state index is 0.368. The third-order valence-electron chi connectivity index (χ3n) is 3.83. The summed E-state index contributed by atoms with van der Waals surface area (Å²) in [4.78, 5) is 12.3. The van der Waals surface area contributed by atoms with Gasteiger partial charge in [-0.25, -0.2) is 4.79 Å². The molecule has 2 aromatic rings. The first-order valence-corrected chi connectivity index (χ1v) is 8.12. The van der Waals surface area contributed by atoms with Crippen LogP contribution in [0.2, 0.25) is 0 Å². The van der Waals surface area contributed by atoms with Crippen LogP contribution in [-0.2, 0) is 9.53 Å². The van der Waals surface area contributed by atoms with Gasteiger partial charge in [-0.1, -0.05) is 46.3 Å². The Hall–Kier alpha value is -2.07. The van der Waals surface area contributed by atoms with Crippen LogP contribution >= 0.6 is 15.9 Å². The molecule has 0 fully saturated rings. The molecule has 0 spiro atoms. The number of hydrogen-bond donors (Lipinski definition) is 1. The average molecular weight is 374 g/mol. The van der Waals surface area contributed by atoms with Gasteiger partial charge in [-0.05, 0) is 44.0 Å². The fourth-order valence-corrected chi connectivity index (χ4v) is 2.87. The van der Waals surface area contributed by atoms with E-state index in [1.165, 1.54) is 12.7 Å². The summed E-state index contributed by atoms with van der Waals surface area (Å²) in [5.74, 6) is -0.368. The van der Waals surface area contributed by atoms with Gasteiger partial charge in [0.25, 0.3) is 0 Å². The Morgan fingerprint density at radius 3 is 2.43 bits per heavy atom. The van der Waals surface area contributed by atoms with E-state index >= 15 is 0 Å². The van der Waals surface area contributed by atoms with Gasteiger partial charge in [-0.2, -0.15) is 0 Å². The molecule has 0 bridgehead atoms. The number of ether oxygens (including phenoxy) is 1. The van der Waals surface area contributed by atoms with Crippen molar-refractivity contribution in [3.05, 3.63) is 69.3 Å². The first-order chi connectivity index (χ1) is 11.0. The number of nitrogens with one attached hydrogen (secondary N) is 1. The molecule has 0 radical (unpaired) electrons. The first kappa shape index (κ1) is 17.3. The predicted molar refractivity (Wildman–Crippen MR) is 98.3 cm³/mol. The van der Waals surface area contributed by atoms with Gasteiger partial charge in [0.05, 0.1) is 12.7 Å². The minimum atomic E-state index is -0.368. The van der Waals surface area contributed by atoms with Crippen molar-refractivity contribution in [2.24, 2.45) is 0 Å². The molecular weight excluding hydrogens is 354 g/mol. The van der Waals surface area contributed by atoms with E-state index in [1.54, 1.807) is 0 Å². The largest absolute Gasteiger partial charge is 0.465 e. The number of hydrogen-bond acceptors (Lipinski definition) is 3. The Kier molecular flexibility index (Phi) is 5.61. The summed E-state index contributed by atoms with van der Waals surface area (Å²) >= 11 is 3.50. The highest BCUT2D eigenvalue weighted by Crippen LogP contribution is 2.29. The second-order valence-electron chi connectivity index (χ2n) is 5.34. The molecule has 23 heavy (non-hydrogen) atoms. The molecule has 2 aromatic carbocycles. The number of aryl methyl sites for hydroxylation is 1. The van der Waals surface area contributed by atoms with Gasteiger partial charge < -0.3 is 10.1 Å². The van der Waals surface area contributed by atoms with E-state index in [1.807, 2.05) is 43.3 Å². The highest BCUT2D eigenvalue weighted by atomic mass is 79.9. The summed E-state index contributed by atoms with van der Waals surface area (Å²) < 4.78 is 5.83. The quantitative estimate of drug-likeness (QED) is 0.599. The lowest BCUT2D eigenvalue weighted by Crippen LogP contribution is -2.11. The van der Waals surface area contributed by atoms with E-state index in [-0.39, 0.29) is 5.97 Å². The standard InChI is InChI=1S/C19H20BrNO2/c1-12-8-7-11-17(13(12)2)21-14(3)18(19(22)23-4)15-9-5-6-10-16(15)20/h5-11,21H,1-4H3/b18-14+. The smallest absolute Gasteiger partial charge is 0.340 e. The van der Waals surface area contributed by atoms with Gasteiger partial charge >= 0.3 is 5.97 Å². The number of methoxy groups -OCH3 is 1. The molecule has 0 unspecified atom stereocenters. The van der Waals surface area contributed by atoms with E-state index in [2.05, 4.69) is 41.2 Å². The molecule has 3 nitrogen and oxygen atoms in total. The summed E-state index contributed by atoms with van der Waals surface area (Å²) in [6, 6.07) is 13.7. The molecule has 0 heterocycles. The van der Waals surface area contributed by atoms with Gasteiger partial charge in [0.15, 0.2) is 0 Å². The Bertz CT molecular complexity index is 766. The van der Waals surface area contributed by atoms with Gasteiger partial charge in [-0.15, -0.1) is 0 Å². The molecule has 0 atom stereocenters. The molecular formula is C19H20BrNO2. The monoisotopic (exact) mass is 373 g/mol. The third-order valence-corrected chi connectivity index (χ3v) is 4.53. The zero-order valence-electron chi connectivity index (χ0n) is 13.7. The van der Waals surface area contributed by atoms with E-state index in [0.717, 1.165) is 27.0 Å². The Morgan fingerprint density at radius 1 is 1.09 bits per heavy atom. The van der Waals surface area contributed by atoms with Crippen molar-refractivity contribution in [3.8, 4) is 0 Å². The van der Waals surface area contributed by atoms with Crippen LogP contribution in [0.3, 0.4) is 0 Å². The number of esters is 1. The fraction of sp³-hybridized carbons (Fsp3) is 0.211. The lowest BCUT2D eigenvalue weighted by atomic mass is 10.0. The van der Waals surface area contributed by atoms with Crippen molar-refractivity contribution in [1.82, 2.24) is 0 Å². The third kappa shape index (κ3) is 3.82.